The molecule has 0 aromatic carbocycles. The topological polar surface area (TPSA) is 65.1 Å². The highest BCUT2D eigenvalue weighted by Crippen LogP contribution is 2.04. The van der Waals surface area contributed by atoms with Gasteiger partial charge < -0.3 is 10.6 Å². The Balaban J connectivity index is 0.00000324. The minimum atomic E-state index is 0. The van der Waals surface area contributed by atoms with E-state index in [9.17, 15) is 0 Å². The van der Waals surface area contributed by atoms with Crippen LogP contribution in [-0.4, -0.2) is 35.8 Å². The first-order valence-corrected chi connectivity index (χ1v) is 6.79. The van der Waals surface area contributed by atoms with Crippen LogP contribution in [0.4, 0.5) is 0 Å². The lowest BCUT2D eigenvalue weighted by Gasteiger charge is -2.10. The minimum Gasteiger partial charge on any atom is -0.357 e. The molecule has 0 aliphatic heterocycles. The Morgan fingerprint density at radius 1 is 1.37 bits per heavy atom. The molecular formula is C13H26IN5. The third kappa shape index (κ3) is 7.39. The zero-order valence-corrected chi connectivity index (χ0v) is 14.5. The highest BCUT2D eigenvalue weighted by atomic mass is 127. The zero-order chi connectivity index (χ0) is 13.2. The fraction of sp³-hybridized carbons (Fsp3) is 0.692. The van der Waals surface area contributed by atoms with Gasteiger partial charge in [0.2, 0.25) is 0 Å². The second kappa shape index (κ2) is 11.1. The molecule has 3 N–H and O–H groups in total. The Kier molecular flexibility index (Phi) is 10.6. The van der Waals surface area contributed by atoms with Crippen molar-refractivity contribution < 1.29 is 0 Å². The molecule has 1 aromatic heterocycles. The van der Waals surface area contributed by atoms with Crippen LogP contribution >= 0.6 is 24.0 Å². The molecule has 0 bridgehead atoms. The Morgan fingerprint density at radius 2 is 2.16 bits per heavy atom. The van der Waals surface area contributed by atoms with Crippen LogP contribution in [0.15, 0.2) is 11.2 Å². The quantitative estimate of drug-likeness (QED) is 0.295. The number of nitrogens with zero attached hydrogens (tertiary/aromatic N) is 2. The fourth-order valence-electron chi connectivity index (χ4n) is 1.68. The maximum atomic E-state index is 4.46. The molecule has 0 spiro atoms. The molecular weight excluding hydrogens is 353 g/mol. The van der Waals surface area contributed by atoms with Crippen LogP contribution in [0.25, 0.3) is 0 Å². The number of guanidine groups is 1. The molecule has 0 aliphatic carbocycles. The van der Waals surface area contributed by atoms with Gasteiger partial charge in [0.1, 0.15) is 0 Å². The molecule has 0 saturated carbocycles. The van der Waals surface area contributed by atoms with E-state index in [2.05, 4.69) is 46.6 Å². The highest BCUT2D eigenvalue weighted by Gasteiger charge is 2.00. The van der Waals surface area contributed by atoms with Crippen molar-refractivity contribution in [3.05, 3.63) is 17.5 Å². The van der Waals surface area contributed by atoms with Crippen LogP contribution in [0.3, 0.4) is 0 Å². The van der Waals surface area contributed by atoms with E-state index >= 15 is 0 Å². The summed E-state index contributed by atoms with van der Waals surface area (Å²) in [5, 5.41) is 13.6. The van der Waals surface area contributed by atoms with Crippen molar-refractivity contribution >= 4 is 29.9 Å². The first kappa shape index (κ1) is 18.2. The number of aliphatic imine (C=N–C) groups is 1. The third-order valence-corrected chi connectivity index (χ3v) is 2.69. The van der Waals surface area contributed by atoms with Gasteiger partial charge in [-0.05, 0) is 38.7 Å². The highest BCUT2D eigenvalue weighted by molar-refractivity contribution is 14.0. The van der Waals surface area contributed by atoms with Crippen LogP contribution in [0.2, 0.25) is 0 Å². The molecule has 0 saturated heterocycles. The molecule has 110 valence electrons. The molecule has 0 amide bonds. The van der Waals surface area contributed by atoms with E-state index in [4.69, 9.17) is 0 Å². The van der Waals surface area contributed by atoms with E-state index in [1.54, 1.807) is 0 Å². The lowest BCUT2D eigenvalue weighted by molar-refractivity contribution is 0.740. The van der Waals surface area contributed by atoms with Crippen molar-refractivity contribution in [3.8, 4) is 0 Å². The van der Waals surface area contributed by atoms with E-state index in [1.807, 2.05) is 6.20 Å². The van der Waals surface area contributed by atoms with Gasteiger partial charge >= 0.3 is 0 Å². The van der Waals surface area contributed by atoms with E-state index in [1.165, 1.54) is 11.3 Å². The van der Waals surface area contributed by atoms with E-state index in [-0.39, 0.29) is 24.0 Å². The predicted molar refractivity (Wildman–Crippen MR) is 91.3 cm³/mol. The van der Waals surface area contributed by atoms with E-state index in [0.717, 1.165) is 44.9 Å². The molecule has 0 radical (unpaired) electrons. The third-order valence-electron chi connectivity index (χ3n) is 2.69. The normalized spacial score (nSPS) is 11.0. The summed E-state index contributed by atoms with van der Waals surface area (Å²) in [4.78, 5) is 4.46. The van der Waals surface area contributed by atoms with Crippen molar-refractivity contribution in [3.63, 3.8) is 0 Å². The monoisotopic (exact) mass is 379 g/mol. The van der Waals surface area contributed by atoms with Gasteiger partial charge in [0.15, 0.2) is 5.96 Å². The van der Waals surface area contributed by atoms with Crippen LogP contribution < -0.4 is 10.6 Å². The lowest BCUT2D eigenvalue weighted by Crippen LogP contribution is -2.38. The van der Waals surface area contributed by atoms with Gasteiger partial charge in [-0.3, -0.25) is 10.1 Å². The summed E-state index contributed by atoms with van der Waals surface area (Å²) >= 11 is 0. The minimum absolute atomic E-state index is 0. The molecule has 5 nitrogen and oxygen atoms in total. The Bertz CT molecular complexity index is 362. The Hall–Kier alpha value is -0.790. The number of nitrogens with one attached hydrogen (secondary N) is 3. The molecule has 6 heteroatoms. The van der Waals surface area contributed by atoms with Gasteiger partial charge in [0.25, 0.3) is 0 Å². The summed E-state index contributed by atoms with van der Waals surface area (Å²) in [7, 11) is 0. The molecule has 1 heterocycles. The van der Waals surface area contributed by atoms with Crippen LogP contribution in [0.1, 0.15) is 37.9 Å². The summed E-state index contributed by atoms with van der Waals surface area (Å²) in [5.41, 5.74) is 2.47. The van der Waals surface area contributed by atoms with E-state index in [0.29, 0.717) is 0 Å². The molecule has 1 aromatic rings. The molecule has 19 heavy (non-hydrogen) atoms. The van der Waals surface area contributed by atoms with E-state index < -0.39 is 0 Å². The average Bonchev–Trinajstić information content (AvgIpc) is 2.77. The summed E-state index contributed by atoms with van der Waals surface area (Å²) < 4.78 is 0. The zero-order valence-electron chi connectivity index (χ0n) is 12.1. The van der Waals surface area contributed by atoms with Crippen molar-refractivity contribution in [2.45, 2.75) is 40.0 Å². The van der Waals surface area contributed by atoms with Crippen molar-refractivity contribution in [2.24, 2.45) is 4.99 Å². The number of aromatic amines is 1. The number of aryl methyl sites for hydroxylation is 2. The molecule has 0 unspecified atom stereocenters. The molecule has 0 fully saturated rings. The van der Waals surface area contributed by atoms with Crippen LogP contribution in [0.5, 0.6) is 0 Å². The first-order valence-electron chi connectivity index (χ1n) is 6.79. The van der Waals surface area contributed by atoms with Crippen molar-refractivity contribution in [1.29, 1.82) is 0 Å². The standard InChI is InChI=1S/C13H25N5.HI/c1-4-8-15-13(14-5-2)16-9-6-7-12-10-17-18-11(12)3;/h10H,4-9H2,1-3H3,(H,17,18)(H2,14,15,16);1H. The largest absolute Gasteiger partial charge is 0.357 e. The number of H-pyrrole nitrogens is 1. The Morgan fingerprint density at radius 3 is 2.74 bits per heavy atom. The summed E-state index contributed by atoms with van der Waals surface area (Å²) in [6.45, 7) is 8.97. The molecule has 0 aliphatic rings. The van der Waals surface area contributed by atoms with Crippen LogP contribution in [0, 0.1) is 6.92 Å². The number of aromatic nitrogens is 2. The van der Waals surface area contributed by atoms with Crippen molar-refractivity contribution in [2.75, 3.05) is 19.6 Å². The first-order chi connectivity index (χ1) is 8.77. The van der Waals surface area contributed by atoms with Gasteiger partial charge in [-0.2, -0.15) is 5.10 Å². The van der Waals surface area contributed by atoms with Gasteiger partial charge in [-0.25, -0.2) is 0 Å². The average molecular weight is 379 g/mol. The molecule has 0 atom stereocenters. The maximum Gasteiger partial charge on any atom is 0.191 e. The Labute approximate surface area is 133 Å². The summed E-state index contributed by atoms with van der Waals surface area (Å²) in [6, 6.07) is 0. The SMILES string of the molecule is CCCN=C(NCC)NCCCc1cn[nH]c1C.I. The van der Waals surface area contributed by atoms with Gasteiger partial charge in [0, 0.05) is 25.3 Å². The van der Waals surface area contributed by atoms with Gasteiger partial charge in [0.05, 0.1) is 6.20 Å². The smallest absolute Gasteiger partial charge is 0.191 e. The van der Waals surface area contributed by atoms with Gasteiger partial charge in [-0.15, -0.1) is 24.0 Å². The van der Waals surface area contributed by atoms with Crippen molar-refractivity contribution in [1.82, 2.24) is 20.8 Å². The number of hydrogen-bond donors (Lipinski definition) is 3. The van der Waals surface area contributed by atoms with Crippen LogP contribution in [-0.2, 0) is 6.42 Å². The number of rotatable bonds is 7. The maximum absolute atomic E-state index is 4.46. The second-order valence-corrected chi connectivity index (χ2v) is 4.31. The predicted octanol–water partition coefficient (Wildman–Crippen LogP) is 2.23. The summed E-state index contributed by atoms with van der Waals surface area (Å²) in [6.07, 6.45) is 5.11. The van der Waals surface area contributed by atoms with Gasteiger partial charge in [-0.1, -0.05) is 6.92 Å². The lowest BCUT2D eigenvalue weighted by atomic mass is 10.1. The second-order valence-electron chi connectivity index (χ2n) is 4.31. The molecule has 1 rings (SSSR count). The summed E-state index contributed by atoms with van der Waals surface area (Å²) in [5.74, 6) is 0.920. The number of halogens is 1. The number of hydrogen-bond acceptors (Lipinski definition) is 2. The fourth-order valence-corrected chi connectivity index (χ4v) is 1.68.